The molecule has 0 N–H and O–H groups in total. The van der Waals surface area contributed by atoms with Crippen LogP contribution < -0.4 is 0 Å². The van der Waals surface area contributed by atoms with E-state index in [1.165, 1.54) is 103 Å². The third kappa shape index (κ3) is 45.9. The summed E-state index contributed by atoms with van der Waals surface area (Å²) in [6, 6.07) is 0. The van der Waals surface area contributed by atoms with Crippen LogP contribution in [0.25, 0.3) is 0 Å². The van der Waals surface area contributed by atoms with Crippen LogP contribution in [0, 0.1) is 0 Å². The van der Waals surface area contributed by atoms with Crippen LogP contribution in [0.1, 0.15) is 233 Å². The van der Waals surface area contributed by atoms with Gasteiger partial charge in [-0.05, 0) is 83.5 Å². The molecule has 1 unspecified atom stereocenters. The van der Waals surface area contributed by atoms with E-state index in [0.29, 0.717) is 25.7 Å². The van der Waals surface area contributed by atoms with Crippen LogP contribution in [0.4, 0.5) is 0 Å². The molecule has 0 aromatic rings. The summed E-state index contributed by atoms with van der Waals surface area (Å²) in [5.74, 6) is -0.962. The number of carbonyl (C=O) groups is 3. The van der Waals surface area contributed by atoms with Gasteiger partial charge in [0.2, 0.25) is 0 Å². The summed E-state index contributed by atoms with van der Waals surface area (Å²) in [6.45, 7) is 6.41. The summed E-state index contributed by atoms with van der Waals surface area (Å²) in [5.41, 5.74) is 0. The fourth-order valence-electron chi connectivity index (χ4n) is 6.73. The molecule has 1 atom stereocenters. The summed E-state index contributed by atoms with van der Waals surface area (Å²) in [6.07, 6.45) is 60.4. The molecule has 0 saturated heterocycles. The first-order valence-electron chi connectivity index (χ1n) is 25.0. The summed E-state index contributed by atoms with van der Waals surface area (Å²) in [5, 5.41) is 0. The molecule has 0 aliphatic carbocycles. The Balaban J connectivity index is 4.39. The SMILES string of the molecule is CC\C=C/C=C\C=C/CCCCCCCCCC(=O)OC(COC(=O)CCC/C=C\CCCCCC)COC(=O)CCCCCCC/C=C\C=C/CCCCCCCCC. The molecule has 0 bridgehead atoms. The third-order valence-electron chi connectivity index (χ3n) is 10.5. The largest absolute Gasteiger partial charge is 0.462 e. The Hall–Kier alpha value is -3.15. The monoisotopic (exact) mass is 837 g/mol. The summed E-state index contributed by atoms with van der Waals surface area (Å²) in [4.78, 5) is 37.8. The molecule has 0 saturated carbocycles. The van der Waals surface area contributed by atoms with E-state index in [1.807, 2.05) is 0 Å². The average Bonchev–Trinajstić information content (AvgIpc) is 3.24. The smallest absolute Gasteiger partial charge is 0.306 e. The molecule has 0 radical (unpaired) electrons. The van der Waals surface area contributed by atoms with E-state index >= 15 is 0 Å². The first kappa shape index (κ1) is 56.9. The van der Waals surface area contributed by atoms with Gasteiger partial charge >= 0.3 is 17.9 Å². The van der Waals surface area contributed by atoms with Gasteiger partial charge in [0.05, 0.1) is 0 Å². The van der Waals surface area contributed by atoms with Crippen LogP contribution >= 0.6 is 0 Å². The van der Waals surface area contributed by atoms with E-state index in [4.69, 9.17) is 14.2 Å². The predicted octanol–water partition coefficient (Wildman–Crippen LogP) is 16.3. The van der Waals surface area contributed by atoms with E-state index in [9.17, 15) is 14.4 Å². The van der Waals surface area contributed by atoms with Gasteiger partial charge in [0.1, 0.15) is 13.2 Å². The quantitative estimate of drug-likeness (QED) is 0.0200. The zero-order chi connectivity index (χ0) is 43.7. The lowest BCUT2D eigenvalue weighted by atomic mass is 10.1. The number of rotatable bonds is 44. The van der Waals surface area contributed by atoms with Gasteiger partial charge < -0.3 is 14.2 Å². The Morgan fingerprint density at radius 2 is 0.683 bits per heavy atom. The Morgan fingerprint density at radius 1 is 0.350 bits per heavy atom. The van der Waals surface area contributed by atoms with Crippen LogP contribution in [0.2, 0.25) is 0 Å². The molecule has 0 heterocycles. The Labute approximate surface area is 370 Å². The number of carbonyl (C=O) groups excluding carboxylic acids is 3. The van der Waals surface area contributed by atoms with Crippen molar-refractivity contribution < 1.29 is 28.6 Å². The van der Waals surface area contributed by atoms with Crippen LogP contribution in [-0.2, 0) is 28.6 Å². The van der Waals surface area contributed by atoms with Crippen LogP contribution in [0.3, 0.4) is 0 Å². The van der Waals surface area contributed by atoms with Crippen molar-refractivity contribution in [3.8, 4) is 0 Å². The molecular weight excluding hydrogens is 745 g/mol. The molecule has 0 aromatic carbocycles. The molecule has 6 nitrogen and oxygen atoms in total. The standard InChI is InChI=1S/C54H92O6/c1-4-7-10-13-16-19-21-23-25-26-27-29-30-32-35-38-41-44-47-53(56)59-50-51(49-58-52(55)46-43-40-37-34-18-15-12-9-6-3)60-54(57)48-45-42-39-36-33-31-28-24-22-20-17-14-11-8-5-2/h8,11,14,17,20,22,25-27,29,34,37,51H,4-7,9-10,12-13,15-16,18-19,21,23-24,28,30-33,35-36,38-50H2,1-3H3/b11-8-,17-14-,22-20-,26-25-,29-27-,37-34-. The molecule has 0 amide bonds. The molecule has 0 spiro atoms. The van der Waals surface area contributed by atoms with Crippen molar-refractivity contribution in [1.29, 1.82) is 0 Å². The van der Waals surface area contributed by atoms with Crippen molar-refractivity contribution in [3.63, 3.8) is 0 Å². The van der Waals surface area contributed by atoms with Crippen molar-refractivity contribution in [3.05, 3.63) is 72.9 Å². The van der Waals surface area contributed by atoms with E-state index in [0.717, 1.165) is 83.5 Å². The lowest BCUT2D eigenvalue weighted by Crippen LogP contribution is -2.30. The van der Waals surface area contributed by atoms with Gasteiger partial charge in [-0.1, -0.05) is 203 Å². The first-order valence-corrected chi connectivity index (χ1v) is 25.0. The van der Waals surface area contributed by atoms with E-state index < -0.39 is 6.10 Å². The maximum absolute atomic E-state index is 12.8. The van der Waals surface area contributed by atoms with Gasteiger partial charge in [-0.2, -0.15) is 0 Å². The highest BCUT2D eigenvalue weighted by Gasteiger charge is 2.19. The summed E-state index contributed by atoms with van der Waals surface area (Å²) >= 11 is 0. The van der Waals surface area contributed by atoms with Gasteiger partial charge in [0, 0.05) is 19.3 Å². The fourth-order valence-corrected chi connectivity index (χ4v) is 6.73. The molecule has 0 aliphatic rings. The number of esters is 3. The Morgan fingerprint density at radius 3 is 1.15 bits per heavy atom. The number of unbranched alkanes of at least 4 members (excludes halogenated alkanes) is 24. The number of ether oxygens (including phenoxy) is 3. The van der Waals surface area contributed by atoms with Crippen LogP contribution in [0.5, 0.6) is 0 Å². The van der Waals surface area contributed by atoms with E-state index in [1.54, 1.807) is 0 Å². The second-order valence-electron chi connectivity index (χ2n) is 16.4. The molecule has 0 aliphatic heterocycles. The van der Waals surface area contributed by atoms with Gasteiger partial charge in [0.15, 0.2) is 6.10 Å². The molecule has 344 valence electrons. The topological polar surface area (TPSA) is 78.9 Å². The molecular formula is C54H92O6. The Bertz CT molecular complexity index is 1140. The zero-order valence-corrected chi connectivity index (χ0v) is 39.2. The molecule has 6 heteroatoms. The van der Waals surface area contributed by atoms with Gasteiger partial charge in [0.25, 0.3) is 0 Å². The van der Waals surface area contributed by atoms with E-state index in [2.05, 4.69) is 93.7 Å². The van der Waals surface area contributed by atoms with Crippen molar-refractivity contribution in [2.45, 2.75) is 239 Å². The lowest BCUT2D eigenvalue weighted by molar-refractivity contribution is -0.167. The minimum atomic E-state index is -0.797. The lowest BCUT2D eigenvalue weighted by Gasteiger charge is -2.18. The predicted molar refractivity (Wildman–Crippen MR) is 256 cm³/mol. The van der Waals surface area contributed by atoms with Gasteiger partial charge in [-0.15, -0.1) is 0 Å². The zero-order valence-electron chi connectivity index (χ0n) is 39.2. The molecule has 60 heavy (non-hydrogen) atoms. The second kappa shape index (κ2) is 48.5. The highest BCUT2D eigenvalue weighted by molar-refractivity contribution is 5.71. The van der Waals surface area contributed by atoms with Crippen molar-refractivity contribution in [2.24, 2.45) is 0 Å². The molecule has 0 rings (SSSR count). The van der Waals surface area contributed by atoms with Crippen molar-refractivity contribution in [2.75, 3.05) is 13.2 Å². The highest BCUT2D eigenvalue weighted by atomic mass is 16.6. The third-order valence-corrected chi connectivity index (χ3v) is 10.5. The summed E-state index contributed by atoms with van der Waals surface area (Å²) < 4.78 is 16.7. The summed E-state index contributed by atoms with van der Waals surface area (Å²) in [7, 11) is 0. The molecule has 0 fully saturated rings. The normalized spacial score (nSPS) is 12.7. The maximum Gasteiger partial charge on any atom is 0.306 e. The van der Waals surface area contributed by atoms with Crippen LogP contribution in [0.15, 0.2) is 72.9 Å². The van der Waals surface area contributed by atoms with Gasteiger partial charge in [-0.25, -0.2) is 0 Å². The van der Waals surface area contributed by atoms with Crippen molar-refractivity contribution >= 4 is 17.9 Å². The minimum absolute atomic E-state index is 0.0974. The maximum atomic E-state index is 12.8. The second-order valence-corrected chi connectivity index (χ2v) is 16.4. The first-order chi connectivity index (χ1) is 29.5. The number of hydrogen-bond acceptors (Lipinski definition) is 6. The molecule has 0 aromatic heterocycles. The highest BCUT2D eigenvalue weighted by Crippen LogP contribution is 2.13. The number of hydrogen-bond donors (Lipinski definition) is 0. The van der Waals surface area contributed by atoms with E-state index in [-0.39, 0.29) is 31.1 Å². The fraction of sp³-hybridized carbons (Fsp3) is 0.722. The minimum Gasteiger partial charge on any atom is -0.462 e. The van der Waals surface area contributed by atoms with Crippen LogP contribution in [-0.4, -0.2) is 37.2 Å². The number of allylic oxidation sites excluding steroid dienone is 12. The Kier molecular flexibility index (Phi) is 46.0. The average molecular weight is 837 g/mol. The van der Waals surface area contributed by atoms with Crippen molar-refractivity contribution in [1.82, 2.24) is 0 Å². The van der Waals surface area contributed by atoms with Gasteiger partial charge in [-0.3, -0.25) is 14.4 Å².